The number of carbonyl (C=O) groups excluding carboxylic acids is 1. The van der Waals surface area contributed by atoms with Crippen molar-refractivity contribution in [2.24, 2.45) is 0 Å². The summed E-state index contributed by atoms with van der Waals surface area (Å²) in [5.41, 5.74) is 2.22. The molecule has 2 amide bonds. The zero-order chi connectivity index (χ0) is 24.5. The van der Waals surface area contributed by atoms with Gasteiger partial charge < -0.3 is 20.3 Å². The standard InChI is InChI=1S/C26H36N6O2S/c1-2-3-11-30-12-14-31(15-13-30)25(27)21-5-4-6-23(20-21)29-26(33)28-22-7-9-24(10-8-22)35-32-16-18-34-19-17-32/h4-10,20,27H,2-3,11-19H2,1H3,(H2,28,29,33). The van der Waals surface area contributed by atoms with Crippen molar-refractivity contribution in [3.05, 3.63) is 54.1 Å². The maximum atomic E-state index is 12.6. The molecule has 0 saturated carbocycles. The number of piperazine rings is 1. The van der Waals surface area contributed by atoms with E-state index in [4.69, 9.17) is 10.1 Å². The van der Waals surface area contributed by atoms with Crippen LogP contribution in [0.5, 0.6) is 0 Å². The molecule has 0 aliphatic carbocycles. The first-order valence-electron chi connectivity index (χ1n) is 12.5. The van der Waals surface area contributed by atoms with Gasteiger partial charge in [-0.05, 0) is 61.3 Å². The number of unbranched alkanes of at least 4 members (excludes halogenated alkanes) is 1. The molecule has 2 fully saturated rings. The molecule has 8 nitrogen and oxygen atoms in total. The molecule has 0 aromatic heterocycles. The Bertz CT molecular complexity index is 972. The molecular formula is C26H36N6O2S. The van der Waals surface area contributed by atoms with Crippen molar-refractivity contribution in [1.82, 2.24) is 14.1 Å². The molecule has 188 valence electrons. The smallest absolute Gasteiger partial charge is 0.323 e. The van der Waals surface area contributed by atoms with E-state index in [0.717, 1.165) is 75.2 Å². The zero-order valence-corrected chi connectivity index (χ0v) is 21.3. The topological polar surface area (TPSA) is 83.9 Å². The van der Waals surface area contributed by atoms with Crippen LogP contribution in [0.2, 0.25) is 0 Å². The summed E-state index contributed by atoms with van der Waals surface area (Å²) in [6, 6.07) is 15.1. The van der Waals surface area contributed by atoms with Crippen LogP contribution in [0, 0.1) is 5.41 Å². The third-order valence-corrected chi connectivity index (χ3v) is 7.33. The lowest BCUT2D eigenvalue weighted by Gasteiger charge is -2.36. The van der Waals surface area contributed by atoms with Crippen molar-refractivity contribution in [2.45, 2.75) is 24.7 Å². The highest BCUT2D eigenvalue weighted by molar-refractivity contribution is 7.97. The second-order valence-corrected chi connectivity index (χ2v) is 10.0. The minimum absolute atomic E-state index is 0.299. The number of hydrogen-bond acceptors (Lipinski definition) is 6. The lowest BCUT2D eigenvalue weighted by molar-refractivity contribution is 0.0773. The van der Waals surface area contributed by atoms with Crippen molar-refractivity contribution in [3.8, 4) is 0 Å². The largest absolute Gasteiger partial charge is 0.379 e. The Labute approximate surface area is 212 Å². The fraction of sp³-hybridized carbons (Fsp3) is 0.462. The minimum Gasteiger partial charge on any atom is -0.379 e. The fourth-order valence-corrected chi connectivity index (χ4v) is 5.07. The number of benzene rings is 2. The number of anilines is 2. The molecule has 9 heteroatoms. The number of rotatable bonds is 8. The molecule has 2 heterocycles. The molecule has 0 bridgehead atoms. The summed E-state index contributed by atoms with van der Waals surface area (Å²) in [5.74, 6) is 0.512. The molecule has 0 spiro atoms. The first kappa shape index (κ1) is 25.5. The van der Waals surface area contributed by atoms with Gasteiger partial charge in [-0.3, -0.25) is 10.3 Å². The highest BCUT2D eigenvalue weighted by Crippen LogP contribution is 2.25. The van der Waals surface area contributed by atoms with E-state index in [1.165, 1.54) is 12.8 Å². The number of nitrogens with one attached hydrogen (secondary N) is 3. The number of urea groups is 1. The molecule has 2 aromatic carbocycles. The molecule has 2 aromatic rings. The molecule has 0 radical (unpaired) electrons. The fourth-order valence-electron chi connectivity index (χ4n) is 4.18. The number of ether oxygens (including phenoxy) is 1. The number of hydrogen-bond donors (Lipinski definition) is 3. The highest BCUT2D eigenvalue weighted by atomic mass is 32.2. The van der Waals surface area contributed by atoms with E-state index in [9.17, 15) is 4.79 Å². The molecule has 35 heavy (non-hydrogen) atoms. The van der Waals surface area contributed by atoms with E-state index in [0.29, 0.717) is 11.5 Å². The van der Waals surface area contributed by atoms with Crippen molar-refractivity contribution in [3.63, 3.8) is 0 Å². The molecule has 2 aliphatic rings. The average Bonchev–Trinajstić information content (AvgIpc) is 2.89. The SMILES string of the molecule is CCCCN1CCN(C(=N)c2cccc(NC(=O)Nc3ccc(SN4CCOCC4)cc3)c2)CC1. The summed E-state index contributed by atoms with van der Waals surface area (Å²) < 4.78 is 7.68. The molecular weight excluding hydrogens is 460 g/mol. The minimum atomic E-state index is -0.299. The molecule has 4 rings (SSSR count). The Morgan fingerprint density at radius 1 is 0.971 bits per heavy atom. The molecule has 0 unspecified atom stereocenters. The highest BCUT2D eigenvalue weighted by Gasteiger charge is 2.20. The number of amidine groups is 1. The molecule has 2 aliphatic heterocycles. The van der Waals surface area contributed by atoms with E-state index in [1.54, 1.807) is 11.9 Å². The van der Waals surface area contributed by atoms with E-state index in [-0.39, 0.29) is 6.03 Å². The van der Waals surface area contributed by atoms with E-state index in [1.807, 2.05) is 48.5 Å². The zero-order valence-electron chi connectivity index (χ0n) is 20.5. The summed E-state index contributed by atoms with van der Waals surface area (Å²) in [6.07, 6.45) is 2.44. The van der Waals surface area contributed by atoms with Gasteiger partial charge in [-0.1, -0.05) is 25.5 Å². The summed E-state index contributed by atoms with van der Waals surface area (Å²) in [7, 11) is 0. The average molecular weight is 497 g/mol. The first-order valence-corrected chi connectivity index (χ1v) is 13.2. The quantitative estimate of drug-likeness (QED) is 0.285. The summed E-state index contributed by atoms with van der Waals surface area (Å²) in [6.45, 7) is 10.4. The Morgan fingerprint density at radius 2 is 1.69 bits per heavy atom. The van der Waals surface area contributed by atoms with Gasteiger partial charge in [0, 0.05) is 61.1 Å². The molecule has 3 N–H and O–H groups in total. The van der Waals surface area contributed by atoms with Gasteiger partial charge in [0.05, 0.1) is 13.2 Å². The van der Waals surface area contributed by atoms with Crippen molar-refractivity contribution >= 4 is 35.2 Å². The summed E-state index contributed by atoms with van der Waals surface area (Å²) in [5, 5.41) is 14.5. The number of carbonyl (C=O) groups is 1. The van der Waals surface area contributed by atoms with Crippen molar-refractivity contribution < 1.29 is 9.53 Å². The summed E-state index contributed by atoms with van der Waals surface area (Å²) >= 11 is 1.71. The lowest BCUT2D eigenvalue weighted by Crippen LogP contribution is -2.48. The maximum absolute atomic E-state index is 12.6. The van der Waals surface area contributed by atoms with Crippen LogP contribution in [0.25, 0.3) is 0 Å². The van der Waals surface area contributed by atoms with Gasteiger partial charge >= 0.3 is 6.03 Å². The van der Waals surface area contributed by atoms with Crippen LogP contribution < -0.4 is 10.6 Å². The Morgan fingerprint density at radius 3 is 2.40 bits per heavy atom. The first-order chi connectivity index (χ1) is 17.1. The summed E-state index contributed by atoms with van der Waals surface area (Å²) in [4.78, 5) is 18.3. The van der Waals surface area contributed by atoms with Gasteiger partial charge in [0.15, 0.2) is 0 Å². The number of morpholine rings is 1. The van der Waals surface area contributed by atoms with Crippen molar-refractivity contribution in [1.29, 1.82) is 5.41 Å². The van der Waals surface area contributed by atoms with Gasteiger partial charge in [0.1, 0.15) is 5.84 Å². The van der Waals surface area contributed by atoms with Crippen LogP contribution in [0.4, 0.5) is 16.2 Å². The van der Waals surface area contributed by atoms with Gasteiger partial charge in [-0.2, -0.15) is 0 Å². The van der Waals surface area contributed by atoms with E-state index < -0.39 is 0 Å². The predicted molar refractivity (Wildman–Crippen MR) is 144 cm³/mol. The second-order valence-electron chi connectivity index (χ2n) is 8.85. The van der Waals surface area contributed by atoms with Crippen LogP contribution in [-0.2, 0) is 4.74 Å². The Kier molecular flexibility index (Phi) is 9.42. The van der Waals surface area contributed by atoms with Crippen LogP contribution in [0.1, 0.15) is 25.3 Å². The van der Waals surface area contributed by atoms with Gasteiger partial charge in [-0.15, -0.1) is 0 Å². The Hall–Kier alpha value is -2.59. The lowest BCUT2D eigenvalue weighted by atomic mass is 10.1. The van der Waals surface area contributed by atoms with Crippen LogP contribution in [0.3, 0.4) is 0 Å². The van der Waals surface area contributed by atoms with Gasteiger partial charge in [0.25, 0.3) is 0 Å². The van der Waals surface area contributed by atoms with Crippen LogP contribution in [0.15, 0.2) is 53.4 Å². The Balaban J connectivity index is 1.26. The van der Waals surface area contributed by atoms with E-state index in [2.05, 4.69) is 31.7 Å². The third kappa shape index (κ3) is 7.70. The van der Waals surface area contributed by atoms with Gasteiger partial charge in [0.2, 0.25) is 0 Å². The normalized spacial score (nSPS) is 17.2. The predicted octanol–water partition coefficient (Wildman–Crippen LogP) is 4.41. The van der Waals surface area contributed by atoms with Gasteiger partial charge in [-0.25, -0.2) is 9.10 Å². The third-order valence-electron chi connectivity index (χ3n) is 6.23. The van der Waals surface area contributed by atoms with E-state index >= 15 is 0 Å². The number of amides is 2. The van der Waals surface area contributed by atoms with Crippen LogP contribution >= 0.6 is 11.9 Å². The monoisotopic (exact) mass is 496 g/mol. The maximum Gasteiger partial charge on any atom is 0.323 e. The molecule has 2 saturated heterocycles. The van der Waals surface area contributed by atoms with Crippen LogP contribution in [-0.4, -0.2) is 85.0 Å². The molecule has 0 atom stereocenters. The number of nitrogens with zero attached hydrogens (tertiary/aromatic N) is 3. The van der Waals surface area contributed by atoms with Crippen molar-refractivity contribution in [2.75, 3.05) is 69.7 Å². The second kappa shape index (κ2) is 12.9.